The third kappa shape index (κ3) is 4.29. The normalized spacial score (nSPS) is 10.2. The lowest BCUT2D eigenvalue weighted by atomic mass is 10.2. The van der Waals surface area contributed by atoms with Crippen LogP contribution in [0.25, 0.3) is 0 Å². The smallest absolute Gasteiger partial charge is 0.243 e. The Morgan fingerprint density at radius 1 is 1.14 bits per heavy atom. The summed E-state index contributed by atoms with van der Waals surface area (Å²) in [6.45, 7) is 2.03. The van der Waals surface area contributed by atoms with Crippen LogP contribution in [-0.2, 0) is 4.79 Å². The number of hydrogen-bond donors (Lipinski definition) is 2. The third-order valence-corrected chi connectivity index (χ3v) is 3.55. The molecule has 0 saturated heterocycles. The van der Waals surface area contributed by atoms with E-state index in [1.807, 2.05) is 25.1 Å². The number of methoxy groups -OCH3 is 1. The molecule has 2 rings (SSSR count). The summed E-state index contributed by atoms with van der Waals surface area (Å²) in [5, 5.41) is 6.84. The van der Waals surface area contributed by atoms with Gasteiger partial charge in [0.15, 0.2) is 0 Å². The number of benzene rings is 2. The maximum atomic E-state index is 12.0. The van der Waals surface area contributed by atoms with Crippen LogP contribution in [0, 0.1) is 6.92 Å². The molecule has 0 aromatic heterocycles. The summed E-state index contributed by atoms with van der Waals surface area (Å²) < 4.78 is 5.18. The first-order valence-electron chi connectivity index (χ1n) is 6.63. The molecule has 22 heavy (non-hydrogen) atoms. The lowest BCUT2D eigenvalue weighted by Crippen LogP contribution is -2.22. The van der Waals surface area contributed by atoms with E-state index in [9.17, 15) is 4.79 Å². The first kappa shape index (κ1) is 16.5. The minimum atomic E-state index is -0.225. The number of amides is 1. The highest BCUT2D eigenvalue weighted by Gasteiger charge is 2.09. The SMILES string of the molecule is COc1ccc(Cl)cc1NC(=O)CNc1ccc(C)cc1Cl. The largest absolute Gasteiger partial charge is 0.495 e. The Morgan fingerprint density at radius 2 is 1.91 bits per heavy atom. The van der Waals surface area contributed by atoms with Gasteiger partial charge in [-0.25, -0.2) is 0 Å². The number of rotatable bonds is 5. The zero-order valence-electron chi connectivity index (χ0n) is 12.2. The lowest BCUT2D eigenvalue weighted by Gasteiger charge is -2.12. The fourth-order valence-electron chi connectivity index (χ4n) is 1.91. The van der Waals surface area contributed by atoms with E-state index in [2.05, 4.69) is 10.6 Å². The van der Waals surface area contributed by atoms with Gasteiger partial charge in [0.2, 0.25) is 5.91 Å². The van der Waals surface area contributed by atoms with E-state index < -0.39 is 0 Å². The van der Waals surface area contributed by atoms with Crippen molar-refractivity contribution in [2.75, 3.05) is 24.3 Å². The Balaban J connectivity index is 2.00. The minimum absolute atomic E-state index is 0.0818. The van der Waals surface area contributed by atoms with Gasteiger partial charge in [0.1, 0.15) is 5.75 Å². The zero-order valence-corrected chi connectivity index (χ0v) is 13.8. The van der Waals surface area contributed by atoms with Gasteiger partial charge in [-0.15, -0.1) is 0 Å². The van der Waals surface area contributed by atoms with Gasteiger partial charge in [0, 0.05) is 5.02 Å². The molecule has 0 spiro atoms. The van der Waals surface area contributed by atoms with Crippen molar-refractivity contribution in [1.29, 1.82) is 0 Å². The number of halogens is 2. The summed E-state index contributed by atoms with van der Waals surface area (Å²) in [6.07, 6.45) is 0. The average molecular weight is 339 g/mol. The van der Waals surface area contributed by atoms with E-state index in [4.69, 9.17) is 27.9 Å². The Bertz CT molecular complexity index is 690. The molecule has 4 nitrogen and oxygen atoms in total. The zero-order chi connectivity index (χ0) is 16.1. The number of nitrogens with one attached hydrogen (secondary N) is 2. The molecule has 0 saturated carbocycles. The van der Waals surface area contributed by atoms with Crippen LogP contribution in [0.3, 0.4) is 0 Å². The van der Waals surface area contributed by atoms with E-state index in [-0.39, 0.29) is 12.5 Å². The van der Waals surface area contributed by atoms with Gasteiger partial charge in [-0.2, -0.15) is 0 Å². The molecule has 2 N–H and O–H groups in total. The van der Waals surface area contributed by atoms with Crippen molar-refractivity contribution in [3.05, 3.63) is 52.0 Å². The van der Waals surface area contributed by atoms with Crippen LogP contribution in [0.4, 0.5) is 11.4 Å². The van der Waals surface area contributed by atoms with Crippen LogP contribution >= 0.6 is 23.2 Å². The molecule has 0 bridgehead atoms. The van der Waals surface area contributed by atoms with Gasteiger partial charge in [0.25, 0.3) is 0 Å². The van der Waals surface area contributed by atoms with Gasteiger partial charge in [-0.3, -0.25) is 4.79 Å². The molecule has 0 fully saturated rings. The van der Waals surface area contributed by atoms with Crippen molar-refractivity contribution in [3.8, 4) is 5.75 Å². The Morgan fingerprint density at radius 3 is 2.59 bits per heavy atom. The molecule has 0 heterocycles. The van der Waals surface area contributed by atoms with Crippen molar-refractivity contribution in [2.45, 2.75) is 6.92 Å². The second kappa shape index (κ2) is 7.38. The van der Waals surface area contributed by atoms with E-state index in [0.29, 0.717) is 27.2 Å². The minimum Gasteiger partial charge on any atom is -0.495 e. The van der Waals surface area contributed by atoms with Crippen molar-refractivity contribution in [2.24, 2.45) is 0 Å². The Labute approximate surface area is 139 Å². The van der Waals surface area contributed by atoms with Crippen LogP contribution in [0.5, 0.6) is 5.75 Å². The van der Waals surface area contributed by atoms with Crippen LogP contribution < -0.4 is 15.4 Å². The second-order valence-corrected chi connectivity index (χ2v) is 5.57. The molecule has 0 unspecified atom stereocenters. The maximum Gasteiger partial charge on any atom is 0.243 e. The summed E-state index contributed by atoms with van der Waals surface area (Å²) in [7, 11) is 1.53. The number of carbonyl (C=O) groups is 1. The van der Waals surface area contributed by atoms with Crippen LogP contribution in [0.1, 0.15) is 5.56 Å². The molecule has 0 atom stereocenters. The second-order valence-electron chi connectivity index (χ2n) is 4.73. The highest BCUT2D eigenvalue weighted by atomic mass is 35.5. The fraction of sp³-hybridized carbons (Fsp3) is 0.188. The first-order valence-corrected chi connectivity index (χ1v) is 7.38. The van der Waals surface area contributed by atoms with Gasteiger partial charge < -0.3 is 15.4 Å². The fourth-order valence-corrected chi connectivity index (χ4v) is 2.39. The summed E-state index contributed by atoms with van der Waals surface area (Å²) >= 11 is 12.0. The molecule has 2 aromatic carbocycles. The first-order chi connectivity index (χ1) is 10.5. The average Bonchev–Trinajstić information content (AvgIpc) is 2.46. The summed E-state index contributed by atoms with van der Waals surface area (Å²) in [5.41, 5.74) is 2.29. The van der Waals surface area contributed by atoms with E-state index in [1.54, 1.807) is 18.2 Å². The predicted molar refractivity (Wildman–Crippen MR) is 91.3 cm³/mol. The summed E-state index contributed by atoms with van der Waals surface area (Å²) in [5.74, 6) is 0.323. The van der Waals surface area contributed by atoms with Crippen molar-refractivity contribution >= 4 is 40.5 Å². The molecule has 0 radical (unpaired) electrons. The van der Waals surface area contributed by atoms with Gasteiger partial charge >= 0.3 is 0 Å². The monoisotopic (exact) mass is 338 g/mol. The molecule has 6 heteroatoms. The molecule has 0 aliphatic heterocycles. The number of ether oxygens (including phenoxy) is 1. The van der Waals surface area contributed by atoms with E-state index in [1.165, 1.54) is 7.11 Å². The summed E-state index contributed by atoms with van der Waals surface area (Å²) in [4.78, 5) is 12.0. The lowest BCUT2D eigenvalue weighted by molar-refractivity contribution is -0.114. The number of carbonyl (C=O) groups excluding carboxylic acids is 1. The van der Waals surface area contributed by atoms with E-state index >= 15 is 0 Å². The maximum absolute atomic E-state index is 12.0. The topological polar surface area (TPSA) is 50.4 Å². The predicted octanol–water partition coefficient (Wildman–Crippen LogP) is 4.36. The highest BCUT2D eigenvalue weighted by molar-refractivity contribution is 6.33. The highest BCUT2D eigenvalue weighted by Crippen LogP contribution is 2.27. The van der Waals surface area contributed by atoms with Gasteiger partial charge in [-0.05, 0) is 42.8 Å². The molecule has 0 aliphatic carbocycles. The third-order valence-electron chi connectivity index (χ3n) is 3.00. The van der Waals surface area contributed by atoms with Crippen molar-refractivity contribution < 1.29 is 9.53 Å². The quantitative estimate of drug-likeness (QED) is 0.851. The number of hydrogen-bond acceptors (Lipinski definition) is 3. The Kier molecular flexibility index (Phi) is 5.52. The van der Waals surface area contributed by atoms with Crippen LogP contribution in [0.15, 0.2) is 36.4 Å². The Hall–Kier alpha value is -1.91. The molecule has 2 aromatic rings. The molecular formula is C16H16Cl2N2O2. The number of anilines is 2. The van der Waals surface area contributed by atoms with Crippen LogP contribution in [0.2, 0.25) is 10.0 Å². The summed E-state index contributed by atoms with van der Waals surface area (Å²) in [6, 6.07) is 10.6. The molecule has 116 valence electrons. The molecule has 1 amide bonds. The van der Waals surface area contributed by atoms with Crippen molar-refractivity contribution in [3.63, 3.8) is 0 Å². The molecular weight excluding hydrogens is 323 g/mol. The van der Waals surface area contributed by atoms with Crippen LogP contribution in [-0.4, -0.2) is 19.6 Å². The molecule has 0 aliphatic rings. The standard InChI is InChI=1S/C16H16Cl2N2O2/c1-10-3-5-13(12(18)7-10)19-9-16(21)20-14-8-11(17)4-6-15(14)22-2/h3-8,19H,9H2,1-2H3,(H,20,21). The number of aryl methyl sites for hydroxylation is 1. The van der Waals surface area contributed by atoms with E-state index in [0.717, 1.165) is 5.56 Å². The van der Waals surface area contributed by atoms with Gasteiger partial charge in [0.05, 0.1) is 30.1 Å². The van der Waals surface area contributed by atoms with Crippen molar-refractivity contribution in [1.82, 2.24) is 0 Å². The van der Waals surface area contributed by atoms with Gasteiger partial charge in [-0.1, -0.05) is 29.3 Å².